The summed E-state index contributed by atoms with van der Waals surface area (Å²) in [5.74, 6) is 0.859. The van der Waals surface area contributed by atoms with Gasteiger partial charge in [0.25, 0.3) is 0 Å². The second-order valence-electron chi connectivity index (χ2n) is 9.78. The lowest BCUT2D eigenvalue weighted by atomic mass is 9.88. The van der Waals surface area contributed by atoms with Crippen LogP contribution in [0.2, 0.25) is 0 Å². The van der Waals surface area contributed by atoms with Crippen LogP contribution in [0.1, 0.15) is 46.6 Å². The number of aryl methyl sites for hydroxylation is 2. The van der Waals surface area contributed by atoms with E-state index >= 15 is 0 Å². The van der Waals surface area contributed by atoms with Gasteiger partial charge in [0.05, 0.1) is 4.90 Å². The van der Waals surface area contributed by atoms with Crippen LogP contribution in [0.4, 0.5) is 0 Å². The quantitative estimate of drug-likeness (QED) is 0.496. The maximum absolute atomic E-state index is 13.5. The van der Waals surface area contributed by atoms with Crippen molar-refractivity contribution in [3.05, 3.63) is 82.4 Å². The Kier molecular flexibility index (Phi) is 6.28. The van der Waals surface area contributed by atoms with Crippen LogP contribution in [-0.4, -0.2) is 38.2 Å². The number of hydrogen-bond acceptors (Lipinski definition) is 4. The monoisotopic (exact) mass is 489 g/mol. The molecule has 5 rings (SSSR count). The average molecular weight is 490 g/mol. The number of piperidine rings is 1. The Hall–Kier alpha value is -2.96. The standard InChI is InChI=1S/C29H31NO4S/c1-19-5-4-6-27(21(19)3)24-9-7-22(8-10-24)23-11-13-30(14-12-23)35(32,33)29-17-28-25(15-20(29)2)16-26(31)18-34-28/h4-10,15,17,23H,11-14,16,18H2,1-3H3. The predicted octanol–water partition coefficient (Wildman–Crippen LogP) is 5.35. The smallest absolute Gasteiger partial charge is 0.243 e. The van der Waals surface area contributed by atoms with Gasteiger partial charge in [-0.15, -0.1) is 0 Å². The minimum Gasteiger partial charge on any atom is -0.485 e. The summed E-state index contributed by atoms with van der Waals surface area (Å²) in [7, 11) is -3.63. The van der Waals surface area contributed by atoms with E-state index < -0.39 is 10.0 Å². The SMILES string of the molecule is Cc1cc2c(cc1S(=O)(=O)N1CCC(c3ccc(-c4cccc(C)c4C)cc3)CC1)OCC(=O)C2. The van der Waals surface area contributed by atoms with Crippen molar-refractivity contribution in [3.63, 3.8) is 0 Å². The third kappa shape index (κ3) is 4.53. The molecule has 0 aromatic heterocycles. The van der Waals surface area contributed by atoms with Crippen molar-refractivity contribution in [2.24, 2.45) is 0 Å². The van der Waals surface area contributed by atoms with Crippen LogP contribution >= 0.6 is 0 Å². The molecule has 0 bridgehead atoms. The van der Waals surface area contributed by atoms with Crippen LogP contribution in [0.5, 0.6) is 5.75 Å². The number of Topliss-reactive ketones (excluding diaryl/α,β-unsaturated/α-hetero) is 1. The van der Waals surface area contributed by atoms with Crippen molar-refractivity contribution < 1.29 is 17.9 Å². The van der Waals surface area contributed by atoms with Crippen molar-refractivity contribution in [3.8, 4) is 16.9 Å². The summed E-state index contributed by atoms with van der Waals surface area (Å²) in [6, 6.07) is 18.5. The minimum absolute atomic E-state index is 0.00316. The van der Waals surface area contributed by atoms with E-state index in [0.29, 0.717) is 36.7 Å². The second-order valence-corrected chi connectivity index (χ2v) is 11.7. The summed E-state index contributed by atoms with van der Waals surface area (Å²) >= 11 is 0. The number of nitrogens with zero attached hydrogens (tertiary/aromatic N) is 1. The van der Waals surface area contributed by atoms with E-state index in [-0.39, 0.29) is 17.3 Å². The zero-order valence-corrected chi connectivity index (χ0v) is 21.3. The Morgan fingerprint density at radius 3 is 2.34 bits per heavy atom. The number of carbonyl (C=O) groups is 1. The van der Waals surface area contributed by atoms with Gasteiger partial charge in [0.2, 0.25) is 10.0 Å². The molecule has 1 fully saturated rings. The van der Waals surface area contributed by atoms with Crippen LogP contribution in [-0.2, 0) is 21.2 Å². The second kappa shape index (κ2) is 9.25. The summed E-state index contributed by atoms with van der Waals surface area (Å²) in [5.41, 5.74) is 7.74. The molecule has 182 valence electrons. The van der Waals surface area contributed by atoms with Crippen molar-refractivity contribution >= 4 is 15.8 Å². The zero-order chi connectivity index (χ0) is 24.7. The summed E-state index contributed by atoms with van der Waals surface area (Å²) < 4.78 is 34.0. The third-order valence-electron chi connectivity index (χ3n) is 7.50. The van der Waals surface area contributed by atoms with E-state index in [4.69, 9.17) is 4.74 Å². The van der Waals surface area contributed by atoms with Crippen molar-refractivity contribution in [1.82, 2.24) is 4.31 Å². The molecule has 0 spiro atoms. The Morgan fingerprint density at radius 2 is 1.63 bits per heavy atom. The largest absolute Gasteiger partial charge is 0.485 e. The Bertz CT molecular complexity index is 1380. The Morgan fingerprint density at radius 1 is 0.914 bits per heavy atom. The fraction of sp³-hybridized carbons (Fsp3) is 0.345. The molecule has 35 heavy (non-hydrogen) atoms. The summed E-state index contributed by atoms with van der Waals surface area (Å²) in [5, 5.41) is 0. The van der Waals surface area contributed by atoms with Gasteiger partial charge in [-0.2, -0.15) is 4.31 Å². The van der Waals surface area contributed by atoms with Gasteiger partial charge in [0.15, 0.2) is 5.78 Å². The van der Waals surface area contributed by atoms with Gasteiger partial charge in [-0.3, -0.25) is 4.79 Å². The first kappa shape index (κ1) is 23.8. The van der Waals surface area contributed by atoms with Crippen LogP contribution in [0.15, 0.2) is 59.5 Å². The normalized spacial score (nSPS) is 17.2. The van der Waals surface area contributed by atoms with E-state index in [1.54, 1.807) is 23.4 Å². The van der Waals surface area contributed by atoms with Gasteiger partial charge in [0.1, 0.15) is 12.4 Å². The molecule has 3 aromatic rings. The van der Waals surface area contributed by atoms with E-state index in [9.17, 15) is 13.2 Å². The van der Waals surface area contributed by atoms with E-state index in [1.807, 2.05) is 0 Å². The molecule has 0 unspecified atom stereocenters. The number of fused-ring (bicyclic) bond motifs is 1. The first-order valence-electron chi connectivity index (χ1n) is 12.2. The molecule has 0 aliphatic carbocycles. The first-order chi connectivity index (χ1) is 16.7. The van der Waals surface area contributed by atoms with Crippen LogP contribution < -0.4 is 4.74 Å². The fourth-order valence-electron chi connectivity index (χ4n) is 5.27. The number of sulfonamides is 1. The third-order valence-corrected chi connectivity index (χ3v) is 9.54. The molecule has 0 N–H and O–H groups in total. The van der Waals surface area contributed by atoms with Crippen LogP contribution in [0.25, 0.3) is 11.1 Å². The van der Waals surface area contributed by atoms with Gasteiger partial charge in [-0.05, 0) is 72.9 Å². The lowest BCUT2D eigenvalue weighted by molar-refractivity contribution is -0.121. The topological polar surface area (TPSA) is 63.7 Å². The van der Waals surface area contributed by atoms with Crippen molar-refractivity contribution in [1.29, 1.82) is 0 Å². The van der Waals surface area contributed by atoms with Crippen molar-refractivity contribution in [2.45, 2.75) is 50.8 Å². The molecule has 0 atom stereocenters. The lowest BCUT2D eigenvalue weighted by Crippen LogP contribution is -2.38. The number of benzene rings is 3. The lowest BCUT2D eigenvalue weighted by Gasteiger charge is -2.32. The molecule has 2 aliphatic heterocycles. The minimum atomic E-state index is -3.63. The highest BCUT2D eigenvalue weighted by molar-refractivity contribution is 7.89. The maximum Gasteiger partial charge on any atom is 0.243 e. The molecule has 0 saturated carbocycles. The molecule has 6 heteroatoms. The number of ketones is 1. The molecule has 1 saturated heterocycles. The van der Waals surface area contributed by atoms with E-state index in [0.717, 1.165) is 18.4 Å². The van der Waals surface area contributed by atoms with E-state index in [2.05, 4.69) is 56.3 Å². The van der Waals surface area contributed by atoms with Gasteiger partial charge in [-0.25, -0.2) is 8.42 Å². The van der Waals surface area contributed by atoms with Gasteiger partial charge < -0.3 is 4.74 Å². The van der Waals surface area contributed by atoms with Crippen molar-refractivity contribution in [2.75, 3.05) is 19.7 Å². The first-order valence-corrected chi connectivity index (χ1v) is 13.6. The highest BCUT2D eigenvalue weighted by atomic mass is 32.2. The van der Waals surface area contributed by atoms with Crippen LogP contribution in [0.3, 0.4) is 0 Å². The predicted molar refractivity (Wildman–Crippen MR) is 137 cm³/mol. The molecule has 0 amide bonds. The molecule has 2 heterocycles. The fourth-order valence-corrected chi connectivity index (χ4v) is 6.96. The summed E-state index contributed by atoms with van der Waals surface area (Å²) in [6.45, 7) is 7.06. The molecule has 5 nitrogen and oxygen atoms in total. The van der Waals surface area contributed by atoms with Crippen LogP contribution in [0, 0.1) is 20.8 Å². The maximum atomic E-state index is 13.5. The van der Waals surface area contributed by atoms with E-state index in [1.165, 1.54) is 27.8 Å². The van der Waals surface area contributed by atoms with Gasteiger partial charge in [-0.1, -0.05) is 48.5 Å². The molecular formula is C29H31NO4S. The van der Waals surface area contributed by atoms with Gasteiger partial charge >= 0.3 is 0 Å². The highest BCUT2D eigenvalue weighted by Gasteiger charge is 2.32. The highest BCUT2D eigenvalue weighted by Crippen LogP contribution is 2.35. The van der Waals surface area contributed by atoms with Gasteiger partial charge in [0, 0.05) is 31.1 Å². The molecule has 3 aromatic carbocycles. The Balaban J connectivity index is 1.30. The number of carbonyl (C=O) groups excluding carboxylic acids is 1. The Labute approximate surface area is 207 Å². The number of ether oxygens (including phenoxy) is 1. The number of hydrogen-bond donors (Lipinski definition) is 0. The summed E-state index contributed by atoms with van der Waals surface area (Å²) in [4.78, 5) is 12.0. The zero-order valence-electron chi connectivity index (χ0n) is 20.5. The summed E-state index contributed by atoms with van der Waals surface area (Å²) in [6.07, 6.45) is 1.87. The molecular weight excluding hydrogens is 458 g/mol. The average Bonchev–Trinajstić information content (AvgIpc) is 2.85. The number of rotatable bonds is 4. The molecule has 2 aliphatic rings. The molecule has 0 radical (unpaired) electrons.